The molecule has 1 heterocycles. The van der Waals surface area contributed by atoms with Gasteiger partial charge in [0.2, 0.25) is 5.91 Å². The molecule has 0 spiro atoms. The van der Waals surface area contributed by atoms with Crippen LogP contribution in [0, 0.1) is 5.92 Å². The Morgan fingerprint density at radius 2 is 1.84 bits per heavy atom. The molecule has 1 aromatic rings. The number of nitrogens with one attached hydrogen (secondary N) is 2. The largest absolute Gasteiger partial charge is 0.362 e. The highest BCUT2D eigenvalue weighted by atomic mass is 32.1. The van der Waals surface area contributed by atoms with Crippen molar-refractivity contribution in [3.05, 3.63) is 35.9 Å². The zero-order valence-electron chi connectivity index (χ0n) is 15.3. The number of amides is 1. The van der Waals surface area contributed by atoms with Crippen LogP contribution in [0.3, 0.4) is 0 Å². The predicted octanol–water partition coefficient (Wildman–Crippen LogP) is 3.12. The number of unbranched alkanes of at least 4 members (excludes halogenated alkanes) is 2. The molecule has 1 fully saturated rings. The number of piperidine rings is 1. The van der Waals surface area contributed by atoms with Gasteiger partial charge in [-0.3, -0.25) is 4.79 Å². The van der Waals surface area contributed by atoms with Crippen molar-refractivity contribution < 1.29 is 4.79 Å². The summed E-state index contributed by atoms with van der Waals surface area (Å²) in [5.41, 5.74) is 1.32. The van der Waals surface area contributed by atoms with E-state index in [4.69, 9.17) is 12.2 Å². The van der Waals surface area contributed by atoms with Gasteiger partial charge in [-0.25, -0.2) is 0 Å². The third kappa shape index (κ3) is 7.02. The third-order valence-corrected chi connectivity index (χ3v) is 5.17. The molecule has 2 rings (SSSR count). The average molecular weight is 362 g/mol. The second-order valence-electron chi connectivity index (χ2n) is 6.73. The van der Waals surface area contributed by atoms with Crippen molar-refractivity contribution in [1.82, 2.24) is 15.5 Å². The summed E-state index contributed by atoms with van der Waals surface area (Å²) in [4.78, 5) is 14.4. The van der Waals surface area contributed by atoms with Crippen molar-refractivity contribution in [1.29, 1.82) is 0 Å². The molecule has 4 nitrogen and oxygen atoms in total. The lowest BCUT2D eigenvalue weighted by Crippen LogP contribution is -2.47. The van der Waals surface area contributed by atoms with E-state index in [1.165, 1.54) is 18.4 Å². The quantitative estimate of drug-likeness (QED) is 0.552. The SMILES string of the molecule is CCCCCNC(=O)C1CCN(C(=S)NCCc2ccccc2)CC1. The number of thiocarbonyl (C=S) groups is 1. The molecule has 138 valence electrons. The maximum Gasteiger partial charge on any atom is 0.223 e. The Bertz CT molecular complexity index is 527. The van der Waals surface area contributed by atoms with Crippen LogP contribution in [0.4, 0.5) is 0 Å². The zero-order chi connectivity index (χ0) is 17.9. The molecule has 0 saturated carbocycles. The van der Waals surface area contributed by atoms with Crippen molar-refractivity contribution in [2.24, 2.45) is 5.92 Å². The van der Waals surface area contributed by atoms with Gasteiger partial charge in [0.25, 0.3) is 0 Å². The summed E-state index contributed by atoms with van der Waals surface area (Å²) in [6.07, 6.45) is 6.19. The molecule has 1 amide bonds. The maximum absolute atomic E-state index is 12.2. The van der Waals surface area contributed by atoms with E-state index >= 15 is 0 Å². The molecule has 1 aromatic carbocycles. The van der Waals surface area contributed by atoms with Crippen LogP contribution in [0.25, 0.3) is 0 Å². The van der Waals surface area contributed by atoms with Gasteiger partial charge in [0.05, 0.1) is 0 Å². The van der Waals surface area contributed by atoms with Gasteiger partial charge in [-0.05, 0) is 43.5 Å². The molecule has 1 aliphatic heterocycles. The molecule has 0 aromatic heterocycles. The third-order valence-electron chi connectivity index (χ3n) is 4.77. The monoisotopic (exact) mass is 361 g/mol. The summed E-state index contributed by atoms with van der Waals surface area (Å²) in [6, 6.07) is 10.4. The average Bonchev–Trinajstić information content (AvgIpc) is 2.66. The minimum absolute atomic E-state index is 0.144. The van der Waals surface area contributed by atoms with E-state index in [0.29, 0.717) is 0 Å². The number of likely N-dealkylation sites (tertiary alicyclic amines) is 1. The first-order chi connectivity index (χ1) is 12.2. The molecular weight excluding hydrogens is 330 g/mol. The first-order valence-corrected chi connectivity index (χ1v) is 9.96. The Morgan fingerprint density at radius 3 is 2.52 bits per heavy atom. The Kier molecular flexibility index (Phi) is 8.73. The molecule has 1 aliphatic rings. The standard InChI is InChI=1S/C20H31N3OS/c1-2-3-7-13-21-19(24)18-11-15-23(16-12-18)20(25)22-14-10-17-8-5-4-6-9-17/h4-6,8-9,18H,2-3,7,10-16H2,1H3,(H,21,24)(H,22,25). The summed E-state index contributed by atoms with van der Waals surface area (Å²) in [5, 5.41) is 7.25. The van der Waals surface area contributed by atoms with E-state index < -0.39 is 0 Å². The van der Waals surface area contributed by atoms with Crippen LogP contribution >= 0.6 is 12.2 Å². The van der Waals surface area contributed by atoms with Crippen LogP contribution in [0.2, 0.25) is 0 Å². The first kappa shape index (κ1) is 19.7. The van der Waals surface area contributed by atoms with Crippen molar-refractivity contribution in [3.8, 4) is 0 Å². The Hall–Kier alpha value is -1.62. The number of rotatable bonds is 8. The lowest BCUT2D eigenvalue weighted by Gasteiger charge is -2.33. The van der Waals surface area contributed by atoms with Gasteiger partial charge in [0, 0.05) is 32.1 Å². The normalized spacial score (nSPS) is 15.0. The van der Waals surface area contributed by atoms with Gasteiger partial charge < -0.3 is 15.5 Å². The number of hydrogen-bond donors (Lipinski definition) is 2. The highest BCUT2D eigenvalue weighted by Gasteiger charge is 2.25. The smallest absolute Gasteiger partial charge is 0.223 e. The van der Waals surface area contributed by atoms with Crippen molar-refractivity contribution in [3.63, 3.8) is 0 Å². The molecule has 0 bridgehead atoms. The van der Waals surface area contributed by atoms with E-state index in [0.717, 1.165) is 57.0 Å². The van der Waals surface area contributed by atoms with Crippen LogP contribution in [0.1, 0.15) is 44.6 Å². The number of hydrogen-bond acceptors (Lipinski definition) is 2. The summed E-state index contributed by atoms with van der Waals surface area (Å²) >= 11 is 5.51. The van der Waals surface area contributed by atoms with Gasteiger partial charge in [0.15, 0.2) is 5.11 Å². The molecule has 0 aliphatic carbocycles. The highest BCUT2D eigenvalue weighted by Crippen LogP contribution is 2.17. The minimum atomic E-state index is 0.144. The molecular formula is C20H31N3OS. The van der Waals surface area contributed by atoms with Gasteiger partial charge in [0.1, 0.15) is 0 Å². The fourth-order valence-corrected chi connectivity index (χ4v) is 3.43. The fraction of sp³-hybridized carbons (Fsp3) is 0.600. The number of benzene rings is 1. The number of carbonyl (C=O) groups excluding carboxylic acids is 1. The van der Waals surface area contributed by atoms with Crippen LogP contribution in [0.15, 0.2) is 30.3 Å². The summed E-state index contributed by atoms with van der Waals surface area (Å²) in [6.45, 7) is 5.57. The second kappa shape index (κ2) is 11.1. The molecule has 5 heteroatoms. The molecule has 25 heavy (non-hydrogen) atoms. The number of nitrogens with zero attached hydrogens (tertiary/aromatic N) is 1. The Balaban J connectivity index is 1.62. The minimum Gasteiger partial charge on any atom is -0.362 e. The number of carbonyl (C=O) groups is 1. The Morgan fingerprint density at radius 1 is 1.12 bits per heavy atom. The lowest BCUT2D eigenvalue weighted by atomic mass is 9.96. The summed E-state index contributed by atoms with van der Waals surface area (Å²) in [7, 11) is 0. The summed E-state index contributed by atoms with van der Waals surface area (Å²) in [5.74, 6) is 0.365. The van der Waals surface area contributed by atoms with E-state index in [2.05, 4.69) is 46.7 Å². The van der Waals surface area contributed by atoms with Crippen LogP contribution in [-0.4, -0.2) is 42.1 Å². The lowest BCUT2D eigenvalue weighted by molar-refractivity contribution is -0.126. The van der Waals surface area contributed by atoms with Crippen molar-refractivity contribution in [2.75, 3.05) is 26.2 Å². The van der Waals surface area contributed by atoms with Crippen molar-refractivity contribution >= 4 is 23.2 Å². The van der Waals surface area contributed by atoms with E-state index in [-0.39, 0.29) is 11.8 Å². The van der Waals surface area contributed by atoms with Gasteiger partial charge in [-0.2, -0.15) is 0 Å². The molecule has 1 saturated heterocycles. The van der Waals surface area contributed by atoms with Crippen molar-refractivity contribution in [2.45, 2.75) is 45.4 Å². The predicted molar refractivity (Wildman–Crippen MR) is 108 cm³/mol. The van der Waals surface area contributed by atoms with Gasteiger partial charge in [-0.1, -0.05) is 50.1 Å². The van der Waals surface area contributed by atoms with E-state index in [1.807, 2.05) is 6.07 Å². The summed E-state index contributed by atoms with van der Waals surface area (Å²) < 4.78 is 0. The zero-order valence-corrected chi connectivity index (χ0v) is 16.1. The highest BCUT2D eigenvalue weighted by molar-refractivity contribution is 7.80. The van der Waals surface area contributed by atoms with Crippen LogP contribution in [0.5, 0.6) is 0 Å². The van der Waals surface area contributed by atoms with Gasteiger partial charge in [-0.15, -0.1) is 0 Å². The fourth-order valence-electron chi connectivity index (χ4n) is 3.15. The Labute approximate surface area is 157 Å². The first-order valence-electron chi connectivity index (χ1n) is 9.55. The second-order valence-corrected chi connectivity index (χ2v) is 7.11. The topological polar surface area (TPSA) is 44.4 Å². The van der Waals surface area contributed by atoms with Gasteiger partial charge >= 0.3 is 0 Å². The van der Waals surface area contributed by atoms with Crippen LogP contribution in [-0.2, 0) is 11.2 Å². The van der Waals surface area contributed by atoms with Crippen LogP contribution < -0.4 is 10.6 Å². The molecule has 0 radical (unpaired) electrons. The van der Waals surface area contributed by atoms with E-state index in [9.17, 15) is 4.79 Å². The molecule has 0 atom stereocenters. The molecule has 2 N–H and O–H groups in total. The maximum atomic E-state index is 12.2. The van der Waals surface area contributed by atoms with E-state index in [1.54, 1.807) is 0 Å². The molecule has 0 unspecified atom stereocenters.